The fraction of sp³-hybridized carbons (Fsp3) is 0.526. The summed E-state index contributed by atoms with van der Waals surface area (Å²) >= 11 is 0. The topological polar surface area (TPSA) is 69.3 Å². The minimum Gasteiger partial charge on any atom is -0.339 e. The van der Waals surface area contributed by atoms with Crippen LogP contribution < -0.4 is 0 Å². The standard InChI is InChI=1S/C19H22N4O2/c24-17-7-3-6-16-13-8-12(10-23(16)17)9-22(11-13)19(25)18-14-4-1-2-5-15(14)20-21-18/h1-2,4-5,12-13,16H,3,6-11H2,(H,20,21)/t12?,13?,16-/m1/s1. The third kappa shape index (κ3) is 2.34. The van der Waals surface area contributed by atoms with Gasteiger partial charge in [0.1, 0.15) is 0 Å². The number of aromatic nitrogens is 2. The zero-order chi connectivity index (χ0) is 17.0. The van der Waals surface area contributed by atoms with Gasteiger partial charge in [0, 0.05) is 37.5 Å². The molecule has 130 valence electrons. The number of hydrogen-bond acceptors (Lipinski definition) is 3. The molecule has 3 fully saturated rings. The van der Waals surface area contributed by atoms with Gasteiger partial charge in [0.15, 0.2) is 5.69 Å². The summed E-state index contributed by atoms with van der Waals surface area (Å²) in [5, 5.41) is 8.12. The van der Waals surface area contributed by atoms with Gasteiger partial charge in [-0.25, -0.2) is 0 Å². The lowest BCUT2D eigenvalue weighted by Crippen LogP contribution is -2.61. The molecule has 1 aromatic heterocycles. The summed E-state index contributed by atoms with van der Waals surface area (Å²) < 4.78 is 0. The first-order valence-electron chi connectivity index (χ1n) is 9.22. The number of carbonyl (C=O) groups is 2. The molecule has 4 heterocycles. The molecular formula is C19H22N4O2. The van der Waals surface area contributed by atoms with Crippen molar-refractivity contribution < 1.29 is 9.59 Å². The summed E-state index contributed by atoms with van der Waals surface area (Å²) in [5.41, 5.74) is 1.42. The normalized spacial score (nSPS) is 29.0. The summed E-state index contributed by atoms with van der Waals surface area (Å²) in [6, 6.07) is 8.08. The highest BCUT2D eigenvalue weighted by Crippen LogP contribution is 2.38. The van der Waals surface area contributed by atoms with Crippen molar-refractivity contribution in [1.29, 1.82) is 0 Å². The quantitative estimate of drug-likeness (QED) is 0.865. The van der Waals surface area contributed by atoms with E-state index in [2.05, 4.69) is 15.1 Å². The zero-order valence-electron chi connectivity index (χ0n) is 14.1. The number of fused-ring (bicyclic) bond motifs is 5. The fourth-order valence-corrected chi connectivity index (χ4v) is 5.05. The molecule has 3 aliphatic rings. The zero-order valence-corrected chi connectivity index (χ0v) is 14.1. The van der Waals surface area contributed by atoms with Gasteiger partial charge in [-0.2, -0.15) is 5.10 Å². The predicted octanol–water partition coefficient (Wildman–Crippen LogP) is 2.04. The second kappa shape index (κ2) is 5.58. The number of nitrogens with one attached hydrogen (secondary N) is 1. The highest BCUT2D eigenvalue weighted by atomic mass is 16.2. The molecule has 5 rings (SSSR count). The molecule has 1 N–H and O–H groups in total. The van der Waals surface area contributed by atoms with Gasteiger partial charge in [0.05, 0.1) is 5.52 Å². The average molecular weight is 338 g/mol. The Bertz CT molecular complexity index is 845. The minimum absolute atomic E-state index is 0.0164. The van der Waals surface area contributed by atoms with Crippen LogP contribution in [-0.2, 0) is 4.79 Å². The van der Waals surface area contributed by atoms with Gasteiger partial charge >= 0.3 is 0 Å². The first-order valence-corrected chi connectivity index (χ1v) is 9.22. The summed E-state index contributed by atoms with van der Waals surface area (Å²) in [7, 11) is 0. The van der Waals surface area contributed by atoms with Crippen LogP contribution in [0.2, 0.25) is 0 Å². The highest BCUT2D eigenvalue weighted by molar-refractivity contribution is 6.04. The maximum atomic E-state index is 13.1. The van der Waals surface area contributed by atoms with Crippen molar-refractivity contribution in [1.82, 2.24) is 20.0 Å². The Morgan fingerprint density at radius 1 is 1.20 bits per heavy atom. The molecule has 2 bridgehead atoms. The largest absolute Gasteiger partial charge is 0.339 e. The molecule has 3 aliphatic heterocycles. The molecule has 2 amide bonds. The van der Waals surface area contributed by atoms with Crippen LogP contribution in [0.3, 0.4) is 0 Å². The van der Waals surface area contributed by atoms with Crippen LogP contribution in [0.25, 0.3) is 10.9 Å². The van der Waals surface area contributed by atoms with E-state index in [9.17, 15) is 9.59 Å². The Morgan fingerprint density at radius 2 is 2.08 bits per heavy atom. The molecule has 25 heavy (non-hydrogen) atoms. The molecule has 6 heteroatoms. The van der Waals surface area contributed by atoms with Gasteiger partial charge < -0.3 is 9.80 Å². The SMILES string of the molecule is O=C(c1n[nH]c2ccccc12)N1CC2CC(C1)[C@H]1CCCC(=O)N1C2. The lowest BCUT2D eigenvalue weighted by Gasteiger charge is -2.52. The molecule has 0 radical (unpaired) electrons. The van der Waals surface area contributed by atoms with Crippen molar-refractivity contribution in [3.8, 4) is 0 Å². The lowest BCUT2D eigenvalue weighted by molar-refractivity contribution is -0.144. The molecular weight excluding hydrogens is 316 g/mol. The second-order valence-corrected chi connectivity index (χ2v) is 7.70. The maximum absolute atomic E-state index is 13.1. The van der Waals surface area contributed by atoms with Crippen molar-refractivity contribution >= 4 is 22.7 Å². The predicted molar refractivity (Wildman–Crippen MR) is 92.9 cm³/mol. The maximum Gasteiger partial charge on any atom is 0.275 e. The number of benzene rings is 1. The summed E-state index contributed by atoms with van der Waals surface area (Å²) in [4.78, 5) is 29.4. The summed E-state index contributed by atoms with van der Waals surface area (Å²) in [6.45, 7) is 2.28. The van der Waals surface area contributed by atoms with Crippen LogP contribution >= 0.6 is 0 Å². The Hall–Kier alpha value is -2.37. The number of rotatable bonds is 1. The highest BCUT2D eigenvalue weighted by Gasteiger charge is 2.45. The Balaban J connectivity index is 1.41. The molecule has 3 atom stereocenters. The van der Waals surface area contributed by atoms with E-state index in [4.69, 9.17) is 0 Å². The van der Waals surface area contributed by atoms with Crippen molar-refractivity contribution in [3.63, 3.8) is 0 Å². The van der Waals surface area contributed by atoms with Crippen molar-refractivity contribution in [2.45, 2.75) is 31.7 Å². The van der Waals surface area contributed by atoms with E-state index >= 15 is 0 Å². The van der Waals surface area contributed by atoms with Crippen molar-refractivity contribution in [2.75, 3.05) is 19.6 Å². The first-order chi connectivity index (χ1) is 12.2. The van der Waals surface area contributed by atoms with Crippen LogP contribution in [0.1, 0.15) is 36.2 Å². The van der Waals surface area contributed by atoms with E-state index < -0.39 is 0 Å². The number of para-hydroxylation sites is 1. The Labute approximate surface area is 146 Å². The lowest BCUT2D eigenvalue weighted by atomic mass is 9.76. The number of H-pyrrole nitrogens is 1. The van der Waals surface area contributed by atoms with E-state index in [0.29, 0.717) is 35.9 Å². The number of hydrogen-bond donors (Lipinski definition) is 1. The van der Waals surface area contributed by atoms with Gasteiger partial charge in [-0.15, -0.1) is 0 Å². The van der Waals surface area contributed by atoms with E-state index in [1.54, 1.807) is 0 Å². The van der Waals surface area contributed by atoms with Crippen LogP contribution in [0.4, 0.5) is 0 Å². The van der Waals surface area contributed by atoms with E-state index in [1.165, 1.54) is 0 Å². The third-order valence-electron chi connectivity index (χ3n) is 6.14. The molecule has 0 saturated carbocycles. The second-order valence-electron chi connectivity index (χ2n) is 7.70. The van der Waals surface area contributed by atoms with Gasteiger partial charge in [-0.3, -0.25) is 14.7 Å². The van der Waals surface area contributed by atoms with Gasteiger partial charge in [-0.1, -0.05) is 18.2 Å². The summed E-state index contributed by atoms with van der Waals surface area (Å²) in [5.74, 6) is 1.13. The molecule has 0 spiro atoms. The minimum atomic E-state index is 0.0164. The Morgan fingerprint density at radius 3 is 3.00 bits per heavy atom. The van der Waals surface area contributed by atoms with Crippen molar-refractivity contribution in [2.24, 2.45) is 11.8 Å². The van der Waals surface area contributed by atoms with Gasteiger partial charge in [0.2, 0.25) is 5.91 Å². The number of amides is 2. The fourth-order valence-electron chi connectivity index (χ4n) is 5.05. The van der Waals surface area contributed by atoms with Gasteiger partial charge in [0.25, 0.3) is 5.91 Å². The summed E-state index contributed by atoms with van der Waals surface area (Å²) in [6.07, 6.45) is 3.90. The number of likely N-dealkylation sites (tertiary alicyclic amines) is 1. The molecule has 3 saturated heterocycles. The first kappa shape index (κ1) is 14.9. The monoisotopic (exact) mass is 338 g/mol. The number of aromatic amines is 1. The third-order valence-corrected chi connectivity index (χ3v) is 6.14. The van der Waals surface area contributed by atoms with E-state index in [0.717, 1.165) is 49.8 Å². The molecule has 2 unspecified atom stereocenters. The number of carbonyl (C=O) groups excluding carboxylic acids is 2. The van der Waals surface area contributed by atoms with Crippen molar-refractivity contribution in [3.05, 3.63) is 30.0 Å². The van der Waals surface area contributed by atoms with E-state index in [1.807, 2.05) is 29.2 Å². The van der Waals surface area contributed by atoms with E-state index in [-0.39, 0.29) is 5.91 Å². The average Bonchev–Trinajstić information content (AvgIpc) is 3.06. The molecule has 2 aromatic rings. The Kier molecular flexibility index (Phi) is 3.33. The van der Waals surface area contributed by atoms with Crippen LogP contribution in [0, 0.1) is 11.8 Å². The van der Waals surface area contributed by atoms with Gasteiger partial charge in [-0.05, 0) is 37.2 Å². The molecule has 0 aliphatic carbocycles. The number of nitrogens with zero attached hydrogens (tertiary/aromatic N) is 3. The molecule has 1 aromatic carbocycles. The van der Waals surface area contributed by atoms with Crippen LogP contribution in [0.5, 0.6) is 0 Å². The molecule has 6 nitrogen and oxygen atoms in total. The van der Waals surface area contributed by atoms with Crippen LogP contribution in [0.15, 0.2) is 24.3 Å². The number of piperidine rings is 3. The van der Waals surface area contributed by atoms with Crippen LogP contribution in [-0.4, -0.2) is 57.5 Å². The smallest absolute Gasteiger partial charge is 0.275 e.